The van der Waals surface area contributed by atoms with Gasteiger partial charge in [0.2, 0.25) is 9.84 Å². The zero-order valence-electron chi connectivity index (χ0n) is 11.7. The number of aliphatic hydroxyl groups is 1. The van der Waals surface area contributed by atoms with E-state index in [2.05, 4.69) is 9.47 Å². The Balaban J connectivity index is 5.28. The minimum absolute atomic E-state index is 0.535. The Morgan fingerprint density at radius 3 is 1.80 bits per heavy atom. The molecule has 1 atom stereocenters. The first-order valence-electron chi connectivity index (χ1n) is 5.87. The van der Waals surface area contributed by atoms with Crippen molar-refractivity contribution in [1.29, 1.82) is 0 Å². The summed E-state index contributed by atoms with van der Waals surface area (Å²) in [5, 5.41) is 2.38. The van der Waals surface area contributed by atoms with E-state index in [1.54, 1.807) is 0 Å². The molecule has 0 aliphatic carbocycles. The summed E-state index contributed by atoms with van der Waals surface area (Å²) in [6, 6.07) is 0. The van der Waals surface area contributed by atoms with Crippen LogP contribution in [0.3, 0.4) is 0 Å². The lowest BCUT2D eigenvalue weighted by Crippen LogP contribution is -2.56. The minimum Gasteiger partial charge on any atom is -0.394 e. The van der Waals surface area contributed by atoms with Crippen molar-refractivity contribution in [3.8, 4) is 0 Å². The second-order valence-electron chi connectivity index (χ2n) is 4.24. The Morgan fingerprint density at radius 2 is 1.40 bits per heavy atom. The van der Waals surface area contributed by atoms with Crippen LogP contribution in [0.15, 0.2) is 0 Å². The van der Waals surface area contributed by atoms with Crippen LogP contribution in [0, 0.1) is 0 Å². The van der Waals surface area contributed by atoms with Crippen molar-refractivity contribution in [2.45, 2.75) is 29.8 Å². The molecule has 16 heteroatoms. The van der Waals surface area contributed by atoms with Gasteiger partial charge in [-0.2, -0.15) is 39.5 Å². The topological polar surface area (TPSA) is 72.8 Å². The first-order valence-corrected chi connectivity index (χ1v) is 7.52. The average Bonchev–Trinajstić information content (AvgIpc) is 2.41. The van der Waals surface area contributed by atoms with Crippen LogP contribution in [0.5, 0.6) is 0 Å². The number of rotatable bonds is 10. The maximum atomic E-state index is 13.3. The summed E-state index contributed by atoms with van der Waals surface area (Å²) < 4.78 is 154. The summed E-state index contributed by atoms with van der Waals surface area (Å²) in [7, 11) is -5.99. The van der Waals surface area contributed by atoms with E-state index in [1.165, 1.54) is 0 Å². The van der Waals surface area contributed by atoms with E-state index in [9.17, 15) is 52.3 Å². The van der Waals surface area contributed by atoms with Crippen LogP contribution in [-0.2, 0) is 19.3 Å². The second-order valence-corrected chi connectivity index (χ2v) is 6.42. The summed E-state index contributed by atoms with van der Waals surface area (Å²) in [6.07, 6.45) is -18.9. The number of alkyl halides is 10. The molecule has 0 saturated heterocycles. The third kappa shape index (κ3) is 5.30. The lowest BCUT2D eigenvalue weighted by atomic mass is 10.3. The standard InChI is InChI=1S/C9H10F10O5S/c10-5(24-9(18,19)7(13,14)8(15,16)17)6(11,12)25(21,22)4-3-23-2-1-20/h5,20H,1-4H2. The highest BCUT2D eigenvalue weighted by molar-refractivity contribution is 7.92. The zero-order chi connectivity index (χ0) is 20.3. The number of halogens is 10. The molecule has 0 fully saturated rings. The molecule has 1 unspecified atom stereocenters. The molecule has 5 nitrogen and oxygen atoms in total. The van der Waals surface area contributed by atoms with Gasteiger partial charge in [-0.3, -0.25) is 4.74 Å². The Hall–Kier alpha value is -0.870. The van der Waals surface area contributed by atoms with Crippen LogP contribution in [0.25, 0.3) is 0 Å². The molecular weight excluding hydrogens is 410 g/mol. The maximum Gasteiger partial charge on any atom is 0.462 e. The van der Waals surface area contributed by atoms with Gasteiger partial charge in [0.15, 0.2) is 0 Å². The predicted molar refractivity (Wildman–Crippen MR) is 58.6 cm³/mol. The molecule has 0 aliphatic heterocycles. The smallest absolute Gasteiger partial charge is 0.394 e. The molecule has 0 spiro atoms. The van der Waals surface area contributed by atoms with Gasteiger partial charge >= 0.3 is 23.5 Å². The van der Waals surface area contributed by atoms with Crippen molar-refractivity contribution in [2.24, 2.45) is 0 Å². The number of ether oxygens (including phenoxy) is 2. The molecule has 0 aromatic rings. The molecule has 0 saturated carbocycles. The first kappa shape index (κ1) is 24.1. The van der Waals surface area contributed by atoms with Crippen LogP contribution in [-0.4, -0.2) is 68.9 Å². The third-order valence-corrected chi connectivity index (χ3v) is 4.10. The Labute approximate surface area is 133 Å². The highest BCUT2D eigenvalue weighted by atomic mass is 32.2. The Kier molecular flexibility index (Phi) is 7.52. The SMILES string of the molecule is O=S(=O)(CCOCCO)C(F)(F)C(F)OC(F)(F)C(F)(F)C(F)(F)F. The van der Waals surface area contributed by atoms with E-state index in [4.69, 9.17) is 5.11 Å². The van der Waals surface area contributed by atoms with Crippen LogP contribution in [0.1, 0.15) is 0 Å². The third-order valence-electron chi connectivity index (χ3n) is 2.38. The Morgan fingerprint density at radius 1 is 0.920 bits per heavy atom. The fourth-order valence-corrected chi connectivity index (χ4v) is 1.99. The molecule has 25 heavy (non-hydrogen) atoms. The number of hydrogen-bond donors (Lipinski definition) is 1. The molecule has 0 aromatic carbocycles. The van der Waals surface area contributed by atoms with Gasteiger partial charge in [-0.25, -0.2) is 12.8 Å². The van der Waals surface area contributed by atoms with Gasteiger partial charge in [0.1, 0.15) is 0 Å². The van der Waals surface area contributed by atoms with Gasteiger partial charge in [-0.15, -0.1) is 0 Å². The zero-order valence-corrected chi connectivity index (χ0v) is 12.5. The monoisotopic (exact) mass is 420 g/mol. The van der Waals surface area contributed by atoms with Crippen LogP contribution in [0.2, 0.25) is 0 Å². The van der Waals surface area contributed by atoms with E-state index in [-0.39, 0.29) is 0 Å². The highest BCUT2D eigenvalue weighted by Gasteiger charge is 2.76. The van der Waals surface area contributed by atoms with E-state index in [0.717, 1.165) is 0 Å². The normalized spacial score (nSPS) is 16.1. The van der Waals surface area contributed by atoms with E-state index >= 15 is 0 Å². The largest absolute Gasteiger partial charge is 0.462 e. The van der Waals surface area contributed by atoms with Gasteiger partial charge in [-0.05, 0) is 0 Å². The minimum atomic E-state index is -7.07. The fraction of sp³-hybridized carbons (Fsp3) is 1.00. The van der Waals surface area contributed by atoms with Crippen molar-refractivity contribution in [1.82, 2.24) is 0 Å². The summed E-state index contributed by atoms with van der Waals surface area (Å²) in [4.78, 5) is 0. The molecule has 0 aromatic heterocycles. The van der Waals surface area contributed by atoms with Crippen LogP contribution < -0.4 is 0 Å². The lowest BCUT2D eigenvalue weighted by Gasteiger charge is -2.30. The van der Waals surface area contributed by atoms with E-state index < -0.39 is 65.2 Å². The van der Waals surface area contributed by atoms with E-state index in [0.29, 0.717) is 0 Å². The lowest BCUT2D eigenvalue weighted by molar-refractivity contribution is -0.446. The molecule has 0 amide bonds. The first-order chi connectivity index (χ1) is 10.9. The van der Waals surface area contributed by atoms with Crippen molar-refractivity contribution >= 4 is 9.84 Å². The summed E-state index contributed by atoms with van der Waals surface area (Å²) in [5.41, 5.74) is 0. The number of hydrogen-bond acceptors (Lipinski definition) is 5. The molecule has 0 bridgehead atoms. The van der Waals surface area contributed by atoms with Gasteiger partial charge in [0.05, 0.1) is 25.6 Å². The van der Waals surface area contributed by atoms with E-state index in [1.807, 2.05) is 0 Å². The maximum absolute atomic E-state index is 13.3. The fourth-order valence-electron chi connectivity index (χ4n) is 1.05. The molecule has 0 aliphatic rings. The van der Waals surface area contributed by atoms with Crippen molar-refractivity contribution < 1.29 is 66.9 Å². The van der Waals surface area contributed by atoms with Crippen molar-refractivity contribution in [3.05, 3.63) is 0 Å². The van der Waals surface area contributed by atoms with Gasteiger partial charge in [-0.1, -0.05) is 0 Å². The Bertz CT molecular complexity index is 531. The molecule has 0 radical (unpaired) electrons. The number of sulfone groups is 1. The molecular formula is C9H10F10O5S. The summed E-state index contributed by atoms with van der Waals surface area (Å²) in [5.74, 6) is -8.81. The summed E-state index contributed by atoms with van der Waals surface area (Å²) in [6.45, 7) is -2.28. The van der Waals surface area contributed by atoms with Crippen molar-refractivity contribution in [3.63, 3.8) is 0 Å². The van der Waals surface area contributed by atoms with Gasteiger partial charge < -0.3 is 9.84 Å². The molecule has 1 N–H and O–H groups in total. The van der Waals surface area contributed by atoms with Crippen LogP contribution in [0.4, 0.5) is 43.9 Å². The van der Waals surface area contributed by atoms with Crippen LogP contribution >= 0.6 is 0 Å². The molecule has 0 heterocycles. The molecule has 152 valence electrons. The van der Waals surface area contributed by atoms with Crippen molar-refractivity contribution in [2.75, 3.05) is 25.6 Å². The summed E-state index contributed by atoms with van der Waals surface area (Å²) >= 11 is 0. The highest BCUT2D eigenvalue weighted by Crippen LogP contribution is 2.48. The molecule has 0 rings (SSSR count). The van der Waals surface area contributed by atoms with Gasteiger partial charge in [0.25, 0.3) is 6.36 Å². The quantitative estimate of drug-likeness (QED) is 0.433. The second kappa shape index (κ2) is 7.79. The van der Waals surface area contributed by atoms with Gasteiger partial charge in [0, 0.05) is 0 Å². The number of aliphatic hydroxyl groups excluding tert-OH is 1. The average molecular weight is 420 g/mol. The predicted octanol–water partition coefficient (Wildman–Crippen LogP) is 2.11.